The molecule has 0 N–H and O–H groups in total. The molecule has 6 nitrogen and oxygen atoms in total. The van der Waals surface area contributed by atoms with Gasteiger partial charge in [-0.3, -0.25) is 19.9 Å². The molecule has 148 valence electrons. The number of benzene rings is 1. The molecule has 0 amide bonds. The highest BCUT2D eigenvalue weighted by Gasteiger charge is 2.35. The van der Waals surface area contributed by atoms with Gasteiger partial charge < -0.3 is 4.90 Å². The maximum absolute atomic E-state index is 4.87. The van der Waals surface area contributed by atoms with Crippen LogP contribution in [-0.2, 0) is 0 Å². The first-order valence-electron chi connectivity index (χ1n) is 10.5. The van der Waals surface area contributed by atoms with E-state index in [-0.39, 0.29) is 5.50 Å². The van der Waals surface area contributed by atoms with E-state index < -0.39 is 0 Å². The van der Waals surface area contributed by atoms with Gasteiger partial charge in [0.2, 0.25) is 0 Å². The first-order valence-corrected chi connectivity index (χ1v) is 11.3. The van der Waals surface area contributed by atoms with Crippen molar-refractivity contribution in [1.82, 2.24) is 24.8 Å². The third kappa shape index (κ3) is 3.51. The third-order valence-electron chi connectivity index (χ3n) is 6.23. The maximum atomic E-state index is 4.87. The Morgan fingerprint density at radius 2 is 1.71 bits per heavy atom. The maximum Gasteiger partial charge on any atom is 0.152 e. The zero-order valence-electron chi connectivity index (χ0n) is 16.5. The second-order valence-electron chi connectivity index (χ2n) is 8.02. The second-order valence-corrected chi connectivity index (χ2v) is 9.06. The van der Waals surface area contributed by atoms with Gasteiger partial charge in [0.1, 0.15) is 5.04 Å². The third-order valence-corrected chi connectivity index (χ3v) is 7.57. The molecular formula is C21H28N6S. The molecule has 1 unspecified atom stereocenters. The fourth-order valence-corrected chi connectivity index (χ4v) is 5.97. The molecule has 28 heavy (non-hydrogen) atoms. The van der Waals surface area contributed by atoms with Crippen LogP contribution >= 0.6 is 11.8 Å². The average Bonchev–Trinajstić information content (AvgIpc) is 3.15. The Morgan fingerprint density at radius 3 is 2.54 bits per heavy atom. The number of piperidine rings is 2. The normalized spacial score (nSPS) is 25.4. The summed E-state index contributed by atoms with van der Waals surface area (Å²) in [6.07, 6.45) is 10.2. The Balaban J connectivity index is 1.26. The van der Waals surface area contributed by atoms with Crippen molar-refractivity contribution in [3.63, 3.8) is 0 Å². The average molecular weight is 397 g/mol. The number of fused-ring (bicyclic) bond motifs is 1. The molecule has 0 aliphatic carbocycles. The van der Waals surface area contributed by atoms with Crippen molar-refractivity contribution in [2.75, 3.05) is 33.2 Å². The lowest BCUT2D eigenvalue weighted by atomic mass is 10.0. The molecular weight excluding hydrogens is 368 g/mol. The molecule has 1 atom stereocenters. The number of rotatable bonds is 3. The Bertz CT molecular complexity index is 852. The summed E-state index contributed by atoms with van der Waals surface area (Å²) in [5.74, 6) is 0. The van der Waals surface area contributed by atoms with Crippen LogP contribution < -0.4 is 0 Å². The molecule has 3 aliphatic rings. The van der Waals surface area contributed by atoms with Crippen molar-refractivity contribution in [2.45, 2.75) is 43.6 Å². The van der Waals surface area contributed by atoms with Gasteiger partial charge in [0.05, 0.1) is 11.0 Å². The lowest BCUT2D eigenvalue weighted by molar-refractivity contribution is 0.0566. The van der Waals surface area contributed by atoms with E-state index in [1.165, 1.54) is 45.2 Å². The summed E-state index contributed by atoms with van der Waals surface area (Å²) in [6.45, 7) is 4.92. The number of hydrogen-bond acceptors (Lipinski definition) is 7. The number of nitrogens with zero attached hydrogens (tertiary/aromatic N) is 6. The lowest BCUT2D eigenvalue weighted by Crippen LogP contribution is -2.50. The van der Waals surface area contributed by atoms with Crippen LogP contribution in [0.4, 0.5) is 0 Å². The molecule has 3 aliphatic heterocycles. The van der Waals surface area contributed by atoms with Gasteiger partial charge in [0.15, 0.2) is 5.50 Å². The van der Waals surface area contributed by atoms with Crippen LogP contribution in [0.25, 0.3) is 11.0 Å². The minimum absolute atomic E-state index is 0.282. The molecule has 1 aromatic heterocycles. The SMILES string of the molecule is CN1N=C(c2cccc3nccnc23)SC1N1CCC(N2CCCCC2)CC1. The number of para-hydroxylation sites is 1. The monoisotopic (exact) mass is 396 g/mol. The first-order chi connectivity index (χ1) is 13.8. The Kier molecular flexibility index (Phi) is 5.22. The minimum Gasteiger partial charge on any atom is -0.300 e. The standard InChI is InChI=1S/C21H28N6S/c1-25-21(27-14-8-16(9-15-27)26-12-3-2-4-13-26)28-20(24-25)17-6-5-7-18-19(17)23-11-10-22-18/h5-7,10-11,16,21H,2-4,8-9,12-15H2,1H3. The highest BCUT2D eigenvalue weighted by molar-refractivity contribution is 8.15. The van der Waals surface area contributed by atoms with Crippen LogP contribution in [0.1, 0.15) is 37.7 Å². The summed E-state index contributed by atoms with van der Waals surface area (Å²) < 4.78 is 0. The van der Waals surface area contributed by atoms with Crippen LogP contribution in [0.15, 0.2) is 35.7 Å². The van der Waals surface area contributed by atoms with Crippen molar-refractivity contribution >= 4 is 27.8 Å². The molecule has 2 saturated heterocycles. The molecule has 0 bridgehead atoms. The smallest absolute Gasteiger partial charge is 0.152 e. The van der Waals surface area contributed by atoms with Crippen LogP contribution in [-0.4, -0.2) is 74.6 Å². The largest absolute Gasteiger partial charge is 0.300 e. The molecule has 4 heterocycles. The van der Waals surface area contributed by atoms with Gasteiger partial charge in [-0.25, -0.2) is 0 Å². The highest BCUT2D eigenvalue weighted by atomic mass is 32.2. The zero-order chi connectivity index (χ0) is 18.9. The van der Waals surface area contributed by atoms with Gasteiger partial charge in [0.25, 0.3) is 0 Å². The van der Waals surface area contributed by atoms with E-state index in [1.807, 2.05) is 23.9 Å². The van der Waals surface area contributed by atoms with Gasteiger partial charge in [0, 0.05) is 44.1 Å². The number of thioether (sulfide) groups is 1. The molecule has 2 aromatic rings. The number of hydrogen-bond donors (Lipinski definition) is 0. The second kappa shape index (κ2) is 7.97. The van der Waals surface area contributed by atoms with Crippen LogP contribution in [0.3, 0.4) is 0 Å². The fraction of sp³-hybridized carbons (Fsp3) is 0.571. The summed E-state index contributed by atoms with van der Waals surface area (Å²) in [5, 5.41) is 8.04. The van der Waals surface area contributed by atoms with Gasteiger partial charge in [-0.2, -0.15) is 5.10 Å². The minimum atomic E-state index is 0.282. The van der Waals surface area contributed by atoms with Gasteiger partial charge in [-0.05, 0) is 50.9 Å². The summed E-state index contributed by atoms with van der Waals surface area (Å²) in [5.41, 5.74) is 3.24. The van der Waals surface area contributed by atoms with Crippen molar-refractivity contribution in [3.8, 4) is 0 Å². The Labute approximate surface area is 171 Å². The summed E-state index contributed by atoms with van der Waals surface area (Å²) in [6, 6.07) is 6.95. The van der Waals surface area contributed by atoms with Gasteiger partial charge >= 0.3 is 0 Å². The van der Waals surface area contributed by atoms with E-state index in [9.17, 15) is 0 Å². The molecule has 0 radical (unpaired) electrons. The van der Waals surface area contributed by atoms with Gasteiger partial charge in [-0.15, -0.1) is 0 Å². The van der Waals surface area contributed by atoms with E-state index in [2.05, 4.69) is 37.9 Å². The van der Waals surface area contributed by atoms with Crippen LogP contribution in [0.5, 0.6) is 0 Å². The van der Waals surface area contributed by atoms with E-state index in [0.29, 0.717) is 0 Å². The summed E-state index contributed by atoms with van der Waals surface area (Å²) in [7, 11) is 2.10. The molecule has 5 rings (SSSR count). The number of hydrazone groups is 1. The molecule has 7 heteroatoms. The Morgan fingerprint density at radius 1 is 0.929 bits per heavy atom. The fourth-order valence-electron chi connectivity index (χ4n) is 4.74. The van der Waals surface area contributed by atoms with Crippen LogP contribution in [0, 0.1) is 0 Å². The predicted octanol–water partition coefficient (Wildman–Crippen LogP) is 3.20. The van der Waals surface area contributed by atoms with Crippen molar-refractivity contribution in [3.05, 3.63) is 36.2 Å². The zero-order valence-corrected chi connectivity index (χ0v) is 17.3. The van der Waals surface area contributed by atoms with Crippen molar-refractivity contribution in [2.24, 2.45) is 5.10 Å². The molecule has 0 saturated carbocycles. The van der Waals surface area contributed by atoms with E-state index in [1.54, 1.807) is 12.4 Å². The number of aromatic nitrogens is 2. The van der Waals surface area contributed by atoms with Crippen molar-refractivity contribution < 1.29 is 0 Å². The summed E-state index contributed by atoms with van der Waals surface area (Å²) >= 11 is 1.85. The van der Waals surface area contributed by atoms with Gasteiger partial charge in [-0.1, -0.05) is 24.2 Å². The lowest BCUT2D eigenvalue weighted by Gasteiger charge is -2.42. The quantitative estimate of drug-likeness (QED) is 0.794. The first kappa shape index (κ1) is 18.3. The van der Waals surface area contributed by atoms with E-state index >= 15 is 0 Å². The Hall–Kier alpha value is -1.70. The summed E-state index contributed by atoms with van der Waals surface area (Å²) in [4.78, 5) is 14.3. The van der Waals surface area contributed by atoms with E-state index in [0.717, 1.165) is 40.8 Å². The molecule has 0 spiro atoms. The van der Waals surface area contributed by atoms with Crippen LogP contribution in [0.2, 0.25) is 0 Å². The van der Waals surface area contributed by atoms with Crippen molar-refractivity contribution in [1.29, 1.82) is 0 Å². The molecule has 2 fully saturated rings. The number of likely N-dealkylation sites (tertiary alicyclic amines) is 2. The highest BCUT2D eigenvalue weighted by Crippen LogP contribution is 2.34. The topological polar surface area (TPSA) is 47.9 Å². The molecule has 1 aromatic carbocycles. The predicted molar refractivity (Wildman–Crippen MR) is 115 cm³/mol. The van der Waals surface area contributed by atoms with E-state index in [4.69, 9.17) is 5.10 Å².